The van der Waals surface area contributed by atoms with Crippen LogP contribution in [0, 0.1) is 0 Å². The summed E-state index contributed by atoms with van der Waals surface area (Å²) in [4.78, 5) is 18.4. The summed E-state index contributed by atoms with van der Waals surface area (Å²) in [5, 5.41) is 0. The zero-order valence-electron chi connectivity index (χ0n) is 6.03. The lowest BCUT2D eigenvalue weighted by molar-refractivity contribution is 0.107. The summed E-state index contributed by atoms with van der Waals surface area (Å²) in [5.74, 6) is 0.231. The third-order valence-corrected chi connectivity index (χ3v) is 1.31. The van der Waals surface area contributed by atoms with Gasteiger partial charge in [0.15, 0.2) is 5.82 Å². The van der Waals surface area contributed by atoms with E-state index >= 15 is 0 Å². The van der Waals surface area contributed by atoms with E-state index in [4.69, 9.17) is 1.37 Å². The molecule has 1 aromatic heterocycles. The molecule has 0 saturated carbocycles. The largest absolute Gasteiger partial charge is 0.287 e. The number of rotatable bonds is 0. The second kappa shape index (κ2) is 1.73. The molecule has 3 heteroatoms. The van der Waals surface area contributed by atoms with E-state index < -0.39 is 0 Å². The average molecular weight is 133 g/mol. The van der Waals surface area contributed by atoms with Gasteiger partial charge in [-0.05, 0) is 12.1 Å². The molecule has 1 aliphatic rings. The van der Waals surface area contributed by atoms with Gasteiger partial charge in [-0.1, -0.05) is 0 Å². The molecule has 0 bridgehead atoms. The third kappa shape index (κ3) is 0.572. The predicted molar refractivity (Wildman–Crippen MR) is 36.7 cm³/mol. The van der Waals surface area contributed by atoms with Crippen LogP contribution in [-0.4, -0.2) is 17.0 Å². The highest BCUT2D eigenvalue weighted by atomic mass is 16.1. The van der Waals surface area contributed by atoms with Crippen molar-refractivity contribution in [1.29, 1.82) is 0 Å². The number of aromatic nitrogens is 1. The molecular weight excluding hydrogens is 128 g/mol. The van der Waals surface area contributed by atoms with Crippen LogP contribution >= 0.6 is 0 Å². The molecule has 0 fully saturated rings. The van der Waals surface area contributed by atoms with Crippen molar-refractivity contribution in [2.75, 3.05) is 0 Å². The van der Waals surface area contributed by atoms with Crippen molar-refractivity contribution in [1.82, 2.24) is 4.98 Å². The van der Waals surface area contributed by atoms with Crippen LogP contribution in [0.4, 0.5) is 5.82 Å². The molecule has 0 spiro atoms. The molecule has 0 aliphatic carbocycles. The zero-order chi connectivity index (χ0) is 7.84. The lowest BCUT2D eigenvalue weighted by Gasteiger charge is -1.89. The molecule has 0 amide bonds. The van der Waals surface area contributed by atoms with E-state index in [0.717, 1.165) is 0 Å². The monoisotopic (exact) mass is 133 g/mol. The van der Waals surface area contributed by atoms with Crippen LogP contribution < -0.4 is 0 Å². The summed E-state index contributed by atoms with van der Waals surface area (Å²) in [6.07, 6.45) is 1.35. The van der Waals surface area contributed by atoms with Crippen LogP contribution in [0.1, 0.15) is 11.7 Å². The Bertz CT molecular complexity index is 359. The molecule has 3 nitrogen and oxygen atoms in total. The van der Waals surface area contributed by atoms with Crippen LogP contribution in [0.25, 0.3) is 0 Å². The van der Waals surface area contributed by atoms with Crippen molar-refractivity contribution in [3.8, 4) is 0 Å². The van der Waals surface area contributed by atoms with Gasteiger partial charge >= 0.3 is 0 Å². The van der Waals surface area contributed by atoms with E-state index in [1.807, 2.05) is 0 Å². The first-order valence-corrected chi connectivity index (χ1v) is 2.83. The molecule has 0 unspecified atom stereocenters. The maximum Gasteiger partial charge on any atom is 0.207 e. The molecule has 0 radical (unpaired) electrons. The Labute approximate surface area is 58.8 Å². The smallest absolute Gasteiger partial charge is 0.207 e. The molecule has 0 N–H and O–H groups in total. The molecule has 1 aromatic rings. The van der Waals surface area contributed by atoms with Gasteiger partial charge in [-0.25, -0.2) is 9.98 Å². The van der Waals surface area contributed by atoms with Gasteiger partial charge in [0.25, 0.3) is 0 Å². The topological polar surface area (TPSA) is 42.3 Å². The minimum atomic E-state index is -0.132. The molecule has 2 rings (SSSR count). The van der Waals surface area contributed by atoms with E-state index in [9.17, 15) is 4.79 Å². The van der Waals surface area contributed by atoms with Gasteiger partial charge in [0.05, 0.1) is 13.1 Å². The predicted octanol–water partition coefficient (Wildman–Crippen LogP) is 0.980. The summed E-state index contributed by atoms with van der Waals surface area (Å²) in [6.45, 7) is 0. The number of fused-ring (bicyclic) bond motifs is 1. The minimum absolute atomic E-state index is 0.132. The number of hydrogen-bond donors (Lipinski definition) is 0. The van der Waals surface area contributed by atoms with E-state index in [2.05, 4.69) is 9.98 Å². The fraction of sp³-hybridized carbons (Fsp3) is 0. The lowest BCUT2D eigenvalue weighted by atomic mass is 10.2. The van der Waals surface area contributed by atoms with Gasteiger partial charge in [-0.3, -0.25) is 4.79 Å². The first kappa shape index (κ1) is 4.33. The number of pyridine rings is 1. The Morgan fingerprint density at radius 2 is 2.50 bits per heavy atom. The Balaban J connectivity index is 2.66. The fourth-order valence-electron chi connectivity index (χ4n) is 0.834. The molecule has 2 heterocycles. The zero-order valence-corrected chi connectivity index (χ0v) is 5.03. The molecule has 0 atom stereocenters. The Kier molecular flexibility index (Phi) is 0.750. The first-order chi connectivity index (χ1) is 5.27. The summed E-state index contributed by atoms with van der Waals surface area (Å²) in [7, 11) is 0. The van der Waals surface area contributed by atoms with Gasteiger partial charge in [-0.15, -0.1) is 0 Å². The van der Waals surface area contributed by atoms with Crippen LogP contribution in [-0.2, 0) is 0 Å². The number of ketones is 1. The normalized spacial score (nSPS) is 15.2. The van der Waals surface area contributed by atoms with Gasteiger partial charge in [0.2, 0.25) is 5.78 Å². The van der Waals surface area contributed by atoms with Crippen molar-refractivity contribution in [3.05, 3.63) is 23.9 Å². The third-order valence-electron chi connectivity index (χ3n) is 1.31. The quantitative estimate of drug-likeness (QED) is 0.529. The van der Waals surface area contributed by atoms with Crippen molar-refractivity contribution >= 4 is 17.8 Å². The summed E-state index contributed by atoms with van der Waals surface area (Å²) in [5.41, 5.74) is 0.487. The van der Waals surface area contributed by atoms with Crippen LogP contribution in [0.15, 0.2) is 23.3 Å². The Morgan fingerprint density at radius 3 is 3.40 bits per heavy atom. The number of carbonyl (C=O) groups is 1. The summed E-state index contributed by atoms with van der Waals surface area (Å²) < 4.78 is 7.13. The molecule has 1 aliphatic heterocycles. The standard InChI is InChI=1S/C7H4N2O/c10-6-4-9-7-5(6)2-1-3-8-7/h1-4H/i3D. The fourth-order valence-corrected chi connectivity index (χ4v) is 0.834. The Morgan fingerprint density at radius 1 is 1.60 bits per heavy atom. The number of Topliss-reactive ketones (excluding diaryl/α,β-unsaturated/α-hetero) is 1. The summed E-state index contributed by atoms with van der Waals surface area (Å²) >= 11 is 0. The summed E-state index contributed by atoms with van der Waals surface area (Å²) in [6, 6.07) is 3.05. The van der Waals surface area contributed by atoms with Crippen molar-refractivity contribution in [2.45, 2.75) is 0 Å². The maximum atomic E-state index is 10.9. The van der Waals surface area contributed by atoms with Gasteiger partial charge in [0.1, 0.15) is 0 Å². The molecule has 0 saturated heterocycles. The average Bonchev–Trinajstić information content (AvgIpc) is 2.32. The van der Waals surface area contributed by atoms with Gasteiger partial charge in [-0.2, -0.15) is 0 Å². The second-order valence-electron chi connectivity index (χ2n) is 1.93. The molecule has 48 valence electrons. The molecule has 10 heavy (non-hydrogen) atoms. The number of carbonyl (C=O) groups excluding carboxylic acids is 1. The first-order valence-electron chi connectivity index (χ1n) is 3.33. The number of hydrogen-bond acceptors (Lipinski definition) is 3. The van der Waals surface area contributed by atoms with Crippen LogP contribution in [0.5, 0.6) is 0 Å². The SMILES string of the molecule is [2H]c1ccc2c(n1)N=CC2=O. The van der Waals surface area contributed by atoms with Gasteiger partial charge < -0.3 is 0 Å². The number of aliphatic imine (C=N–C) groups is 1. The van der Waals surface area contributed by atoms with E-state index in [1.165, 1.54) is 12.3 Å². The van der Waals surface area contributed by atoms with E-state index in [-0.39, 0.29) is 12.0 Å². The van der Waals surface area contributed by atoms with Crippen LogP contribution in [0.3, 0.4) is 0 Å². The Hall–Kier alpha value is -1.51. The maximum absolute atomic E-state index is 10.9. The second-order valence-corrected chi connectivity index (χ2v) is 1.93. The van der Waals surface area contributed by atoms with E-state index in [0.29, 0.717) is 11.4 Å². The number of nitrogens with zero attached hydrogens (tertiary/aromatic N) is 2. The highest BCUT2D eigenvalue weighted by molar-refractivity contribution is 6.39. The highest BCUT2D eigenvalue weighted by Gasteiger charge is 2.14. The van der Waals surface area contributed by atoms with Crippen LogP contribution in [0.2, 0.25) is 0 Å². The van der Waals surface area contributed by atoms with Crippen molar-refractivity contribution in [3.63, 3.8) is 0 Å². The van der Waals surface area contributed by atoms with Crippen molar-refractivity contribution < 1.29 is 6.17 Å². The highest BCUT2D eigenvalue weighted by Crippen LogP contribution is 2.18. The van der Waals surface area contributed by atoms with Gasteiger partial charge in [0, 0.05) is 6.17 Å². The molecular formula is C7H4N2O. The lowest BCUT2D eigenvalue weighted by Crippen LogP contribution is -1.93. The van der Waals surface area contributed by atoms with E-state index in [1.54, 1.807) is 6.07 Å². The minimum Gasteiger partial charge on any atom is -0.287 e. The molecule has 0 aromatic carbocycles. The van der Waals surface area contributed by atoms with Crippen molar-refractivity contribution in [2.24, 2.45) is 4.99 Å².